The highest BCUT2D eigenvalue weighted by Gasteiger charge is 2.25. The second-order valence-corrected chi connectivity index (χ2v) is 5.17. The molecule has 2 atom stereocenters. The number of carbonyl (C=O) groups excluding carboxylic acids is 1. The molecule has 0 aliphatic carbocycles. The summed E-state index contributed by atoms with van der Waals surface area (Å²) in [6.07, 6.45) is 5.28. The Labute approximate surface area is 106 Å². The van der Waals surface area contributed by atoms with E-state index in [-0.39, 0.29) is 11.9 Å². The number of amides is 1. The molecule has 1 aliphatic rings. The van der Waals surface area contributed by atoms with E-state index in [1.807, 2.05) is 6.26 Å². The van der Waals surface area contributed by atoms with Crippen molar-refractivity contribution in [3.63, 3.8) is 0 Å². The van der Waals surface area contributed by atoms with Crippen LogP contribution in [0.5, 0.6) is 0 Å². The second kappa shape index (κ2) is 7.55. The highest BCUT2D eigenvalue weighted by Crippen LogP contribution is 2.08. The molecule has 3 N–H and O–H groups in total. The zero-order valence-electron chi connectivity index (χ0n) is 10.1. The van der Waals surface area contributed by atoms with Gasteiger partial charge >= 0.3 is 5.97 Å². The van der Waals surface area contributed by atoms with Gasteiger partial charge in [0.15, 0.2) is 0 Å². The van der Waals surface area contributed by atoms with Gasteiger partial charge in [0.2, 0.25) is 5.91 Å². The Morgan fingerprint density at radius 3 is 2.82 bits per heavy atom. The molecule has 1 heterocycles. The lowest BCUT2D eigenvalue weighted by molar-refractivity contribution is -0.142. The number of carbonyl (C=O) groups is 2. The molecule has 6 heteroatoms. The van der Waals surface area contributed by atoms with E-state index in [4.69, 9.17) is 5.11 Å². The molecule has 98 valence electrons. The molecule has 1 aliphatic heterocycles. The largest absolute Gasteiger partial charge is 0.480 e. The highest BCUT2D eigenvalue weighted by molar-refractivity contribution is 7.98. The van der Waals surface area contributed by atoms with E-state index < -0.39 is 12.0 Å². The fraction of sp³-hybridized carbons (Fsp3) is 0.818. The van der Waals surface area contributed by atoms with Crippen LogP contribution in [0.4, 0.5) is 0 Å². The van der Waals surface area contributed by atoms with Crippen molar-refractivity contribution in [3.05, 3.63) is 0 Å². The minimum Gasteiger partial charge on any atom is -0.480 e. The molecular weight excluding hydrogens is 240 g/mol. The number of thioether (sulfide) groups is 1. The van der Waals surface area contributed by atoms with Crippen LogP contribution in [0.1, 0.15) is 25.7 Å². The molecule has 1 unspecified atom stereocenters. The summed E-state index contributed by atoms with van der Waals surface area (Å²) < 4.78 is 0. The summed E-state index contributed by atoms with van der Waals surface area (Å²) in [6, 6.07) is -0.987. The van der Waals surface area contributed by atoms with Crippen LogP contribution in [-0.2, 0) is 9.59 Å². The SMILES string of the molecule is CSCCC(NC(=O)[C@@H]1CCCCN1)C(=O)O. The topological polar surface area (TPSA) is 78.4 Å². The van der Waals surface area contributed by atoms with Gasteiger partial charge in [-0.25, -0.2) is 4.79 Å². The zero-order valence-corrected chi connectivity index (χ0v) is 10.9. The summed E-state index contributed by atoms with van der Waals surface area (Å²) in [5, 5.41) is 14.7. The maximum Gasteiger partial charge on any atom is 0.326 e. The molecular formula is C11H20N2O3S. The summed E-state index contributed by atoms with van der Waals surface area (Å²) in [4.78, 5) is 22.8. The Hall–Kier alpha value is -0.750. The van der Waals surface area contributed by atoms with E-state index in [0.29, 0.717) is 6.42 Å². The smallest absolute Gasteiger partial charge is 0.326 e. The Balaban J connectivity index is 2.42. The number of hydrogen-bond acceptors (Lipinski definition) is 4. The average Bonchev–Trinajstić information content (AvgIpc) is 2.35. The van der Waals surface area contributed by atoms with Gasteiger partial charge < -0.3 is 15.7 Å². The van der Waals surface area contributed by atoms with Crippen LogP contribution in [0.25, 0.3) is 0 Å². The molecule has 1 amide bonds. The molecule has 0 radical (unpaired) electrons. The first kappa shape index (κ1) is 14.3. The lowest BCUT2D eigenvalue weighted by atomic mass is 10.0. The summed E-state index contributed by atoms with van der Waals surface area (Å²) in [7, 11) is 0. The number of hydrogen-bond donors (Lipinski definition) is 3. The second-order valence-electron chi connectivity index (χ2n) is 4.18. The molecule has 0 aromatic heterocycles. The van der Waals surface area contributed by atoms with Gasteiger partial charge in [-0.1, -0.05) is 6.42 Å². The monoisotopic (exact) mass is 260 g/mol. The van der Waals surface area contributed by atoms with Crippen molar-refractivity contribution in [1.29, 1.82) is 0 Å². The predicted octanol–water partition coefficient (Wildman–Crippen LogP) is 0.451. The molecule has 5 nitrogen and oxygen atoms in total. The summed E-state index contributed by atoms with van der Waals surface area (Å²) in [5.74, 6) is -0.406. The molecule has 1 saturated heterocycles. The van der Waals surface area contributed by atoms with Gasteiger partial charge in [0.05, 0.1) is 6.04 Å². The molecule has 0 spiro atoms. The Morgan fingerprint density at radius 2 is 2.29 bits per heavy atom. The van der Waals surface area contributed by atoms with E-state index in [2.05, 4.69) is 10.6 Å². The van der Waals surface area contributed by atoms with Crippen LogP contribution in [0.15, 0.2) is 0 Å². The van der Waals surface area contributed by atoms with Crippen LogP contribution < -0.4 is 10.6 Å². The molecule has 0 aromatic carbocycles. The van der Waals surface area contributed by atoms with Gasteiger partial charge in [-0.2, -0.15) is 11.8 Å². The van der Waals surface area contributed by atoms with Crippen LogP contribution in [0.3, 0.4) is 0 Å². The summed E-state index contributed by atoms with van der Waals surface area (Å²) in [6.45, 7) is 0.834. The lowest BCUT2D eigenvalue weighted by Crippen LogP contribution is -2.51. The van der Waals surface area contributed by atoms with Crippen LogP contribution in [0, 0.1) is 0 Å². The number of piperidine rings is 1. The van der Waals surface area contributed by atoms with E-state index in [9.17, 15) is 9.59 Å². The number of nitrogens with one attached hydrogen (secondary N) is 2. The first-order valence-corrected chi connectivity index (χ1v) is 7.30. The maximum atomic E-state index is 11.8. The number of aliphatic carboxylic acids is 1. The predicted molar refractivity (Wildman–Crippen MR) is 68.2 cm³/mol. The molecule has 0 bridgehead atoms. The molecule has 1 fully saturated rings. The number of rotatable bonds is 6. The maximum absolute atomic E-state index is 11.8. The van der Waals surface area contributed by atoms with Gasteiger partial charge in [-0.3, -0.25) is 4.79 Å². The normalized spacial score (nSPS) is 21.8. The first-order chi connectivity index (χ1) is 8.15. The van der Waals surface area contributed by atoms with E-state index in [1.165, 1.54) is 0 Å². The minimum absolute atomic E-state index is 0.182. The molecule has 1 rings (SSSR count). The van der Waals surface area contributed by atoms with E-state index in [1.54, 1.807) is 11.8 Å². The quantitative estimate of drug-likeness (QED) is 0.646. The van der Waals surface area contributed by atoms with Crippen molar-refractivity contribution in [2.45, 2.75) is 37.8 Å². The van der Waals surface area contributed by atoms with Crippen molar-refractivity contribution in [3.8, 4) is 0 Å². The summed E-state index contributed by atoms with van der Waals surface area (Å²) in [5.41, 5.74) is 0. The third-order valence-electron chi connectivity index (χ3n) is 2.85. The number of carboxylic acid groups (broad SMARTS) is 1. The van der Waals surface area contributed by atoms with Gasteiger partial charge in [0, 0.05) is 0 Å². The average molecular weight is 260 g/mol. The lowest BCUT2D eigenvalue weighted by Gasteiger charge is -2.24. The van der Waals surface area contributed by atoms with Crippen molar-refractivity contribution < 1.29 is 14.7 Å². The van der Waals surface area contributed by atoms with Crippen molar-refractivity contribution >= 4 is 23.6 Å². The molecule has 0 aromatic rings. The number of carboxylic acids is 1. The van der Waals surface area contributed by atoms with Crippen LogP contribution >= 0.6 is 11.8 Å². The zero-order chi connectivity index (χ0) is 12.7. The van der Waals surface area contributed by atoms with E-state index >= 15 is 0 Å². The van der Waals surface area contributed by atoms with Gasteiger partial charge in [-0.05, 0) is 37.8 Å². The van der Waals surface area contributed by atoms with Crippen molar-refractivity contribution in [1.82, 2.24) is 10.6 Å². The minimum atomic E-state index is -0.955. The van der Waals surface area contributed by atoms with Gasteiger partial charge in [-0.15, -0.1) is 0 Å². The Kier molecular flexibility index (Phi) is 6.36. The third kappa shape index (κ3) is 4.95. The standard InChI is InChI=1S/C11H20N2O3S/c1-17-7-5-9(11(15)16)13-10(14)8-4-2-3-6-12-8/h8-9,12H,2-7H2,1H3,(H,13,14)(H,15,16)/t8-,9?/m0/s1. The van der Waals surface area contributed by atoms with Crippen molar-refractivity contribution in [2.24, 2.45) is 0 Å². The molecule has 0 saturated carbocycles. The fourth-order valence-corrected chi connectivity index (χ4v) is 2.31. The first-order valence-electron chi connectivity index (χ1n) is 5.90. The van der Waals surface area contributed by atoms with Crippen molar-refractivity contribution in [2.75, 3.05) is 18.6 Å². The van der Waals surface area contributed by atoms with Crippen LogP contribution in [-0.4, -0.2) is 47.6 Å². The Bertz CT molecular complexity index is 267. The summed E-state index contributed by atoms with van der Waals surface area (Å²) >= 11 is 1.58. The van der Waals surface area contributed by atoms with E-state index in [0.717, 1.165) is 31.6 Å². The Morgan fingerprint density at radius 1 is 1.53 bits per heavy atom. The van der Waals surface area contributed by atoms with Gasteiger partial charge in [0.25, 0.3) is 0 Å². The highest BCUT2D eigenvalue weighted by atomic mass is 32.2. The van der Waals surface area contributed by atoms with Gasteiger partial charge in [0.1, 0.15) is 6.04 Å². The molecule has 17 heavy (non-hydrogen) atoms. The fourth-order valence-electron chi connectivity index (χ4n) is 1.84. The van der Waals surface area contributed by atoms with Crippen LogP contribution in [0.2, 0.25) is 0 Å². The third-order valence-corrected chi connectivity index (χ3v) is 3.50.